The molecule has 0 saturated carbocycles. The summed E-state index contributed by atoms with van der Waals surface area (Å²) in [5, 5.41) is 3.40. The van der Waals surface area contributed by atoms with Crippen LogP contribution in [0.5, 0.6) is 0 Å². The fraction of sp³-hybridized carbons (Fsp3) is 0.423. The molecule has 2 saturated heterocycles. The SMILES string of the molecule is CCOC(=O)C1(C(=O)OCC)C(c2cccc(Br)c2)[C@]2(CCOC2=O)N[C@H]1c1ccc(C)cc1. The van der Waals surface area contributed by atoms with Gasteiger partial charge in [-0.25, -0.2) is 0 Å². The molecule has 4 rings (SSSR count). The van der Waals surface area contributed by atoms with E-state index in [0.717, 1.165) is 10.0 Å². The van der Waals surface area contributed by atoms with E-state index in [4.69, 9.17) is 14.2 Å². The highest BCUT2D eigenvalue weighted by atomic mass is 79.9. The van der Waals surface area contributed by atoms with Gasteiger partial charge in [0.25, 0.3) is 0 Å². The maximum Gasteiger partial charge on any atom is 0.327 e. The van der Waals surface area contributed by atoms with Gasteiger partial charge in [-0.1, -0.05) is 57.9 Å². The summed E-state index contributed by atoms with van der Waals surface area (Å²) in [5.74, 6) is -2.87. The maximum atomic E-state index is 13.9. The molecule has 34 heavy (non-hydrogen) atoms. The Morgan fingerprint density at radius 3 is 2.24 bits per heavy atom. The van der Waals surface area contributed by atoms with E-state index in [0.29, 0.717) is 17.5 Å². The van der Waals surface area contributed by atoms with Crippen molar-refractivity contribution in [2.24, 2.45) is 5.41 Å². The van der Waals surface area contributed by atoms with Crippen molar-refractivity contribution in [3.8, 4) is 0 Å². The van der Waals surface area contributed by atoms with Gasteiger partial charge in [0, 0.05) is 16.8 Å². The van der Waals surface area contributed by atoms with Crippen LogP contribution in [0.3, 0.4) is 0 Å². The lowest BCUT2D eigenvalue weighted by atomic mass is 9.62. The fourth-order valence-electron chi connectivity index (χ4n) is 5.33. The first-order chi connectivity index (χ1) is 16.3. The molecule has 0 amide bonds. The van der Waals surface area contributed by atoms with E-state index in [2.05, 4.69) is 21.2 Å². The van der Waals surface area contributed by atoms with Crippen molar-refractivity contribution in [1.82, 2.24) is 5.32 Å². The van der Waals surface area contributed by atoms with Crippen LogP contribution in [0.1, 0.15) is 48.9 Å². The van der Waals surface area contributed by atoms with E-state index >= 15 is 0 Å². The predicted molar refractivity (Wildman–Crippen MR) is 128 cm³/mol. The molecule has 180 valence electrons. The molecule has 1 spiro atoms. The normalized spacial score (nSPS) is 25.2. The third kappa shape index (κ3) is 3.73. The molecule has 0 bridgehead atoms. The molecule has 1 N–H and O–H groups in total. The zero-order chi connectivity index (χ0) is 24.5. The van der Waals surface area contributed by atoms with Crippen molar-refractivity contribution in [3.63, 3.8) is 0 Å². The van der Waals surface area contributed by atoms with Crippen molar-refractivity contribution in [3.05, 3.63) is 69.7 Å². The van der Waals surface area contributed by atoms with Crippen molar-refractivity contribution < 1.29 is 28.6 Å². The Morgan fingerprint density at radius 1 is 1.06 bits per heavy atom. The molecule has 3 atom stereocenters. The minimum atomic E-state index is -1.86. The summed E-state index contributed by atoms with van der Waals surface area (Å²) in [7, 11) is 0. The van der Waals surface area contributed by atoms with Crippen molar-refractivity contribution in [2.75, 3.05) is 19.8 Å². The lowest BCUT2D eigenvalue weighted by Gasteiger charge is -2.37. The first-order valence-corrected chi connectivity index (χ1v) is 12.2. The monoisotopic (exact) mass is 529 g/mol. The van der Waals surface area contributed by atoms with E-state index in [1.807, 2.05) is 55.5 Å². The lowest BCUT2D eigenvalue weighted by Crippen LogP contribution is -2.52. The molecule has 2 heterocycles. The molecule has 2 aromatic rings. The quantitative estimate of drug-likeness (QED) is 0.343. The van der Waals surface area contributed by atoms with Gasteiger partial charge in [0.1, 0.15) is 5.54 Å². The van der Waals surface area contributed by atoms with Gasteiger partial charge in [-0.3, -0.25) is 19.7 Å². The molecule has 7 nitrogen and oxygen atoms in total. The minimum Gasteiger partial charge on any atom is -0.465 e. The zero-order valence-electron chi connectivity index (χ0n) is 19.4. The summed E-state index contributed by atoms with van der Waals surface area (Å²) in [6, 6.07) is 14.0. The molecule has 1 unspecified atom stereocenters. The fourth-order valence-corrected chi connectivity index (χ4v) is 5.75. The zero-order valence-corrected chi connectivity index (χ0v) is 21.0. The highest BCUT2D eigenvalue weighted by Crippen LogP contribution is 2.61. The largest absolute Gasteiger partial charge is 0.465 e. The van der Waals surface area contributed by atoms with E-state index in [1.54, 1.807) is 13.8 Å². The number of benzene rings is 2. The number of cyclic esters (lactones) is 1. The van der Waals surface area contributed by atoms with Crippen LogP contribution in [0, 0.1) is 12.3 Å². The molecule has 8 heteroatoms. The standard InChI is InChI=1S/C26H28BrNO6/c1-4-32-23(30)26(24(31)33-5-2)20(18-7-6-8-19(27)15-18)25(13-14-34-22(25)29)28-21(26)17-11-9-16(3)10-12-17/h6-12,15,20-21,28H,4-5,13-14H2,1-3H3/t20?,21-,25-/m0/s1. The Bertz CT molecular complexity index is 1080. The summed E-state index contributed by atoms with van der Waals surface area (Å²) in [4.78, 5) is 41.2. The number of rotatable bonds is 6. The number of ether oxygens (including phenoxy) is 3. The molecule has 0 aliphatic carbocycles. The number of aryl methyl sites for hydroxylation is 1. The van der Waals surface area contributed by atoms with Gasteiger partial charge in [0.2, 0.25) is 0 Å². The number of carbonyl (C=O) groups excluding carboxylic acids is 3. The average molecular weight is 530 g/mol. The molecule has 0 aromatic heterocycles. The van der Waals surface area contributed by atoms with Crippen LogP contribution in [0.2, 0.25) is 0 Å². The van der Waals surface area contributed by atoms with Crippen LogP contribution in [-0.4, -0.2) is 43.3 Å². The highest BCUT2D eigenvalue weighted by Gasteiger charge is 2.75. The lowest BCUT2D eigenvalue weighted by molar-refractivity contribution is -0.175. The molecule has 2 aliphatic heterocycles. The van der Waals surface area contributed by atoms with Crippen LogP contribution >= 0.6 is 15.9 Å². The molecule has 2 aliphatic rings. The summed E-state index contributed by atoms with van der Waals surface area (Å²) in [6.45, 7) is 5.66. The number of hydrogen-bond acceptors (Lipinski definition) is 7. The molecular weight excluding hydrogens is 502 g/mol. The van der Waals surface area contributed by atoms with Crippen LogP contribution in [0.4, 0.5) is 0 Å². The maximum absolute atomic E-state index is 13.9. The third-order valence-corrected chi connectivity index (χ3v) is 7.21. The predicted octanol–water partition coefficient (Wildman–Crippen LogP) is 3.98. The van der Waals surface area contributed by atoms with Gasteiger partial charge in [-0.2, -0.15) is 0 Å². The molecular formula is C26H28BrNO6. The first kappa shape index (κ1) is 24.4. The minimum absolute atomic E-state index is 0.0727. The Hall–Kier alpha value is -2.71. The van der Waals surface area contributed by atoms with Crippen LogP contribution in [0.15, 0.2) is 53.0 Å². The van der Waals surface area contributed by atoms with E-state index in [9.17, 15) is 14.4 Å². The van der Waals surface area contributed by atoms with Crippen LogP contribution in [0.25, 0.3) is 0 Å². The van der Waals surface area contributed by atoms with Crippen molar-refractivity contribution >= 4 is 33.8 Å². The van der Waals surface area contributed by atoms with Crippen molar-refractivity contribution in [1.29, 1.82) is 0 Å². The van der Waals surface area contributed by atoms with Gasteiger partial charge < -0.3 is 14.2 Å². The second-order valence-electron chi connectivity index (χ2n) is 8.64. The Morgan fingerprint density at radius 2 is 1.71 bits per heavy atom. The van der Waals surface area contributed by atoms with E-state index in [1.165, 1.54) is 0 Å². The van der Waals surface area contributed by atoms with E-state index in [-0.39, 0.29) is 19.8 Å². The van der Waals surface area contributed by atoms with Gasteiger partial charge >= 0.3 is 17.9 Å². The number of esters is 3. The topological polar surface area (TPSA) is 90.9 Å². The summed E-state index contributed by atoms with van der Waals surface area (Å²) in [6.07, 6.45) is 0.298. The van der Waals surface area contributed by atoms with Gasteiger partial charge in [0.15, 0.2) is 5.41 Å². The summed E-state index contributed by atoms with van der Waals surface area (Å²) in [5.41, 5.74) is -0.820. The first-order valence-electron chi connectivity index (χ1n) is 11.4. The third-order valence-electron chi connectivity index (χ3n) is 6.72. The highest BCUT2D eigenvalue weighted by molar-refractivity contribution is 9.10. The van der Waals surface area contributed by atoms with E-state index < -0.39 is 40.8 Å². The molecule has 2 fully saturated rings. The number of halogens is 1. The Balaban J connectivity index is 2.06. The summed E-state index contributed by atoms with van der Waals surface area (Å²) >= 11 is 3.49. The summed E-state index contributed by atoms with van der Waals surface area (Å²) < 4.78 is 17.3. The second-order valence-corrected chi connectivity index (χ2v) is 9.56. The van der Waals surface area contributed by atoms with Gasteiger partial charge in [0.05, 0.1) is 25.9 Å². The molecule has 0 radical (unpaired) electrons. The van der Waals surface area contributed by atoms with Gasteiger partial charge in [-0.05, 0) is 44.0 Å². The number of nitrogens with one attached hydrogen (secondary N) is 1. The number of carbonyl (C=O) groups is 3. The second kappa shape index (κ2) is 9.50. The van der Waals surface area contributed by atoms with Crippen molar-refractivity contribution in [2.45, 2.75) is 44.7 Å². The smallest absolute Gasteiger partial charge is 0.327 e. The van der Waals surface area contributed by atoms with Crippen LogP contribution < -0.4 is 5.32 Å². The Kier molecular flexibility index (Phi) is 6.82. The Labute approximate surface area is 207 Å². The molecule has 2 aromatic carbocycles. The average Bonchev–Trinajstić information content (AvgIpc) is 3.33. The van der Waals surface area contributed by atoms with Crippen LogP contribution in [-0.2, 0) is 28.6 Å². The number of hydrogen-bond donors (Lipinski definition) is 1. The van der Waals surface area contributed by atoms with Gasteiger partial charge in [-0.15, -0.1) is 0 Å².